The number of nitrogens with one attached hydrogen (secondary N) is 1. The molecule has 4 fully saturated rings. The molecule has 4 N–H and O–H groups in total. The number of aryl methyl sites for hydroxylation is 1. The number of phenolic OH excluding ortho intramolecular Hbond substituents is 1. The molecule has 1 aromatic carbocycles. The highest BCUT2D eigenvalue weighted by atomic mass is 16.3. The first-order chi connectivity index (χ1) is 12.0. The summed E-state index contributed by atoms with van der Waals surface area (Å²) in [6.07, 6.45) is 11.3. The molecule has 0 spiro atoms. The van der Waals surface area contributed by atoms with Crippen LogP contribution in [0.25, 0.3) is 0 Å². The van der Waals surface area contributed by atoms with Gasteiger partial charge in [-0.05, 0) is 93.2 Å². The van der Waals surface area contributed by atoms with E-state index < -0.39 is 0 Å². The van der Waals surface area contributed by atoms with Gasteiger partial charge in [-0.1, -0.05) is 6.07 Å². The van der Waals surface area contributed by atoms with Crippen molar-refractivity contribution in [3.63, 3.8) is 0 Å². The summed E-state index contributed by atoms with van der Waals surface area (Å²) in [7, 11) is 0. The summed E-state index contributed by atoms with van der Waals surface area (Å²) in [5.74, 6) is 2.98. The molecule has 4 bridgehead atoms. The third-order valence-corrected chi connectivity index (χ3v) is 6.65. The van der Waals surface area contributed by atoms with Crippen molar-refractivity contribution in [3.05, 3.63) is 23.8 Å². The van der Waals surface area contributed by atoms with Crippen LogP contribution < -0.4 is 11.1 Å². The minimum Gasteiger partial charge on any atom is -0.506 e. The number of hydrogen-bond acceptors (Lipinski definition) is 3. The Bertz CT molecular complexity index is 620. The predicted octanol–water partition coefficient (Wildman–Crippen LogP) is 3.77. The summed E-state index contributed by atoms with van der Waals surface area (Å²) in [5.41, 5.74) is 7.41. The van der Waals surface area contributed by atoms with E-state index in [0.29, 0.717) is 12.1 Å². The maximum absolute atomic E-state index is 12.5. The zero-order chi connectivity index (χ0) is 17.4. The van der Waals surface area contributed by atoms with Crippen LogP contribution in [0.5, 0.6) is 5.75 Å². The number of amides is 1. The Kier molecular flexibility index (Phi) is 4.38. The number of nitrogen functional groups attached to an aromatic ring is 1. The van der Waals surface area contributed by atoms with Gasteiger partial charge in [0.2, 0.25) is 5.91 Å². The lowest BCUT2D eigenvalue weighted by molar-refractivity contribution is -0.126. The third-order valence-electron chi connectivity index (χ3n) is 6.65. The van der Waals surface area contributed by atoms with Crippen molar-refractivity contribution in [1.82, 2.24) is 5.32 Å². The third kappa shape index (κ3) is 3.63. The highest BCUT2D eigenvalue weighted by Gasteiger charge is 2.51. The van der Waals surface area contributed by atoms with Crippen molar-refractivity contribution in [1.29, 1.82) is 0 Å². The molecule has 4 aliphatic rings. The Hall–Kier alpha value is -1.71. The van der Waals surface area contributed by atoms with Crippen molar-refractivity contribution >= 4 is 11.6 Å². The Labute approximate surface area is 150 Å². The van der Waals surface area contributed by atoms with Gasteiger partial charge in [0.15, 0.2) is 0 Å². The van der Waals surface area contributed by atoms with Crippen molar-refractivity contribution < 1.29 is 9.90 Å². The number of carbonyl (C=O) groups excluding carboxylic acids is 1. The Morgan fingerprint density at radius 3 is 2.36 bits per heavy atom. The smallest absolute Gasteiger partial charge is 0.220 e. The van der Waals surface area contributed by atoms with Crippen LogP contribution in [0.1, 0.15) is 63.4 Å². The molecule has 4 aliphatic carbocycles. The Morgan fingerprint density at radius 1 is 1.12 bits per heavy atom. The highest BCUT2D eigenvalue weighted by molar-refractivity contribution is 5.76. The van der Waals surface area contributed by atoms with E-state index in [9.17, 15) is 9.90 Å². The molecule has 1 amide bonds. The summed E-state index contributed by atoms with van der Waals surface area (Å²) in [6.45, 7) is 0. The molecule has 0 aromatic heterocycles. The van der Waals surface area contributed by atoms with Crippen LogP contribution in [0.2, 0.25) is 0 Å². The summed E-state index contributed by atoms with van der Waals surface area (Å²) >= 11 is 0. The lowest BCUT2D eigenvalue weighted by Gasteiger charge is -2.56. The number of phenols is 1. The SMILES string of the molecule is Nc1cc(CCCCC(=O)NC23CC4CC(CC(C4)C2)C3)ccc1O. The zero-order valence-electron chi connectivity index (χ0n) is 15.0. The fourth-order valence-electron chi connectivity index (χ4n) is 6.00. The number of nitrogens with two attached hydrogens (primary N) is 1. The van der Waals surface area contributed by atoms with E-state index in [4.69, 9.17) is 5.73 Å². The monoisotopic (exact) mass is 342 g/mol. The van der Waals surface area contributed by atoms with Gasteiger partial charge in [-0.2, -0.15) is 0 Å². The molecule has 0 unspecified atom stereocenters. The molecule has 0 radical (unpaired) electrons. The van der Waals surface area contributed by atoms with Gasteiger partial charge in [0.1, 0.15) is 5.75 Å². The molecular weight excluding hydrogens is 312 g/mol. The summed E-state index contributed by atoms with van der Waals surface area (Å²) in [5, 5.41) is 12.9. The Morgan fingerprint density at radius 2 is 1.76 bits per heavy atom. The zero-order valence-corrected chi connectivity index (χ0v) is 15.0. The molecule has 5 rings (SSSR count). The second-order valence-corrected chi connectivity index (χ2v) is 8.85. The molecule has 136 valence electrons. The summed E-state index contributed by atoms with van der Waals surface area (Å²) in [4.78, 5) is 12.5. The molecule has 4 heteroatoms. The average molecular weight is 342 g/mol. The number of unbranched alkanes of at least 4 members (excludes halogenated alkanes) is 1. The molecule has 4 saturated carbocycles. The van der Waals surface area contributed by atoms with Crippen molar-refractivity contribution in [2.75, 3.05) is 5.73 Å². The lowest BCUT2D eigenvalue weighted by atomic mass is 9.53. The van der Waals surface area contributed by atoms with Crippen LogP contribution in [0.3, 0.4) is 0 Å². The molecule has 0 heterocycles. The molecule has 0 aliphatic heterocycles. The largest absolute Gasteiger partial charge is 0.506 e. The van der Waals surface area contributed by atoms with Crippen LogP contribution in [0, 0.1) is 17.8 Å². The quantitative estimate of drug-likeness (QED) is 0.418. The van der Waals surface area contributed by atoms with E-state index in [0.717, 1.165) is 42.6 Å². The number of carbonyl (C=O) groups is 1. The second kappa shape index (κ2) is 6.54. The minimum atomic E-state index is 0.136. The van der Waals surface area contributed by atoms with E-state index >= 15 is 0 Å². The molecule has 0 atom stereocenters. The first-order valence-electron chi connectivity index (χ1n) is 9.90. The van der Waals surface area contributed by atoms with Crippen LogP contribution in [-0.2, 0) is 11.2 Å². The van der Waals surface area contributed by atoms with E-state index in [2.05, 4.69) is 5.32 Å². The first kappa shape index (κ1) is 16.7. The van der Waals surface area contributed by atoms with Gasteiger partial charge >= 0.3 is 0 Å². The van der Waals surface area contributed by atoms with E-state index in [1.807, 2.05) is 12.1 Å². The van der Waals surface area contributed by atoms with Gasteiger partial charge in [0.25, 0.3) is 0 Å². The number of aromatic hydroxyl groups is 1. The van der Waals surface area contributed by atoms with E-state index in [-0.39, 0.29) is 17.2 Å². The average Bonchev–Trinajstić information content (AvgIpc) is 2.53. The maximum atomic E-state index is 12.5. The Balaban J connectivity index is 1.22. The number of anilines is 1. The predicted molar refractivity (Wildman–Crippen MR) is 99.1 cm³/mol. The summed E-state index contributed by atoms with van der Waals surface area (Å²) < 4.78 is 0. The lowest BCUT2D eigenvalue weighted by Crippen LogP contribution is -2.59. The first-order valence-corrected chi connectivity index (χ1v) is 9.90. The van der Waals surface area contributed by atoms with Crippen LogP contribution >= 0.6 is 0 Å². The number of benzene rings is 1. The molecule has 0 saturated heterocycles. The molecule has 25 heavy (non-hydrogen) atoms. The van der Waals surface area contributed by atoms with Gasteiger partial charge in [-0.25, -0.2) is 0 Å². The van der Waals surface area contributed by atoms with Crippen LogP contribution in [-0.4, -0.2) is 16.6 Å². The normalized spacial score (nSPS) is 32.7. The van der Waals surface area contributed by atoms with E-state index in [1.165, 1.54) is 38.5 Å². The second-order valence-electron chi connectivity index (χ2n) is 8.85. The van der Waals surface area contributed by atoms with Crippen LogP contribution in [0.15, 0.2) is 18.2 Å². The number of hydrogen-bond donors (Lipinski definition) is 3. The van der Waals surface area contributed by atoms with Gasteiger partial charge in [0.05, 0.1) is 5.69 Å². The highest BCUT2D eigenvalue weighted by Crippen LogP contribution is 2.55. The van der Waals surface area contributed by atoms with Crippen LogP contribution in [0.4, 0.5) is 5.69 Å². The topological polar surface area (TPSA) is 75.4 Å². The van der Waals surface area contributed by atoms with Gasteiger partial charge in [0, 0.05) is 12.0 Å². The van der Waals surface area contributed by atoms with Crippen molar-refractivity contribution in [2.24, 2.45) is 17.8 Å². The molecular formula is C21H30N2O2. The van der Waals surface area contributed by atoms with E-state index in [1.54, 1.807) is 6.07 Å². The van der Waals surface area contributed by atoms with Gasteiger partial charge in [-0.15, -0.1) is 0 Å². The summed E-state index contributed by atoms with van der Waals surface area (Å²) in [6, 6.07) is 5.37. The van der Waals surface area contributed by atoms with Crippen molar-refractivity contribution in [3.8, 4) is 5.75 Å². The standard InChI is InChI=1S/C21H30N2O2/c22-18-10-14(5-6-19(18)24)3-1-2-4-20(25)23-21-11-15-7-16(12-21)9-17(8-15)13-21/h5-6,10,15-17,24H,1-4,7-9,11-13,22H2,(H,23,25). The fourth-order valence-corrected chi connectivity index (χ4v) is 6.00. The van der Waals surface area contributed by atoms with Crippen molar-refractivity contribution in [2.45, 2.75) is 69.7 Å². The maximum Gasteiger partial charge on any atom is 0.220 e. The molecule has 1 aromatic rings. The number of rotatable bonds is 6. The molecule has 4 nitrogen and oxygen atoms in total. The van der Waals surface area contributed by atoms with Gasteiger partial charge < -0.3 is 16.2 Å². The minimum absolute atomic E-state index is 0.136. The fraction of sp³-hybridized carbons (Fsp3) is 0.667. The van der Waals surface area contributed by atoms with Gasteiger partial charge in [-0.3, -0.25) is 4.79 Å².